The highest BCUT2D eigenvalue weighted by molar-refractivity contribution is 5.06. The summed E-state index contributed by atoms with van der Waals surface area (Å²) in [6, 6.07) is 3.08. The van der Waals surface area contributed by atoms with Crippen molar-refractivity contribution in [2.24, 2.45) is 0 Å². The van der Waals surface area contributed by atoms with Crippen molar-refractivity contribution in [3.8, 4) is 6.07 Å². The average Bonchev–Trinajstić information content (AvgIpc) is 2.79. The highest BCUT2D eigenvalue weighted by atomic mass is 15.3. The van der Waals surface area contributed by atoms with E-state index in [9.17, 15) is 5.26 Å². The zero-order chi connectivity index (χ0) is 13.6. The lowest BCUT2D eigenvalue weighted by Gasteiger charge is -2.30. The Kier molecular flexibility index (Phi) is 6.07. The molecule has 18 heavy (non-hydrogen) atoms. The van der Waals surface area contributed by atoms with Crippen LogP contribution >= 0.6 is 0 Å². The molecule has 0 aromatic heterocycles. The van der Waals surface area contributed by atoms with Crippen LogP contribution in [0.1, 0.15) is 34.1 Å². The minimum atomic E-state index is -0.410. The number of hydrogen-bond donors (Lipinski definition) is 1. The molecule has 4 heteroatoms. The van der Waals surface area contributed by atoms with Gasteiger partial charge in [0.25, 0.3) is 0 Å². The van der Waals surface area contributed by atoms with Crippen LogP contribution in [-0.2, 0) is 0 Å². The maximum absolute atomic E-state index is 9.29. The molecule has 0 aliphatic carbocycles. The molecular formula is C14H28N4. The summed E-state index contributed by atoms with van der Waals surface area (Å²) in [6.45, 7) is 14.6. The van der Waals surface area contributed by atoms with Gasteiger partial charge in [-0.3, -0.25) is 15.1 Å². The van der Waals surface area contributed by atoms with Crippen LogP contribution < -0.4 is 5.32 Å². The molecule has 0 bridgehead atoms. The molecule has 0 aromatic carbocycles. The first-order valence-electron chi connectivity index (χ1n) is 7.21. The van der Waals surface area contributed by atoms with Gasteiger partial charge in [-0.1, -0.05) is 20.8 Å². The second-order valence-electron chi connectivity index (χ2n) is 5.37. The Morgan fingerprint density at radius 1 is 1.39 bits per heavy atom. The van der Waals surface area contributed by atoms with E-state index in [-0.39, 0.29) is 0 Å². The number of nitriles is 1. The van der Waals surface area contributed by atoms with Crippen molar-refractivity contribution in [2.75, 3.05) is 39.3 Å². The molecule has 1 saturated heterocycles. The van der Waals surface area contributed by atoms with E-state index in [4.69, 9.17) is 0 Å². The molecule has 0 radical (unpaired) electrons. The molecule has 4 nitrogen and oxygen atoms in total. The summed E-state index contributed by atoms with van der Waals surface area (Å²) in [6.07, 6.45) is 1.23. The van der Waals surface area contributed by atoms with Crippen molar-refractivity contribution < 1.29 is 0 Å². The average molecular weight is 252 g/mol. The number of hydrogen-bond acceptors (Lipinski definition) is 4. The van der Waals surface area contributed by atoms with Crippen LogP contribution in [0.3, 0.4) is 0 Å². The van der Waals surface area contributed by atoms with Gasteiger partial charge in [-0.25, -0.2) is 0 Å². The zero-order valence-corrected chi connectivity index (χ0v) is 12.4. The fourth-order valence-corrected chi connectivity index (χ4v) is 2.96. The van der Waals surface area contributed by atoms with Gasteiger partial charge in [-0.15, -0.1) is 0 Å². The number of rotatable bonds is 7. The summed E-state index contributed by atoms with van der Waals surface area (Å²) in [5, 5.41) is 12.6. The van der Waals surface area contributed by atoms with E-state index in [1.54, 1.807) is 0 Å². The lowest BCUT2D eigenvalue weighted by atomic mass is 10.0. The summed E-state index contributed by atoms with van der Waals surface area (Å²) in [5.74, 6) is 0. The normalized spacial score (nSPS) is 24.1. The van der Waals surface area contributed by atoms with Crippen LogP contribution in [0.2, 0.25) is 0 Å². The van der Waals surface area contributed by atoms with Gasteiger partial charge in [0.15, 0.2) is 0 Å². The third-order valence-electron chi connectivity index (χ3n) is 3.93. The van der Waals surface area contributed by atoms with Gasteiger partial charge in [-0.05, 0) is 39.5 Å². The molecule has 0 aromatic rings. The van der Waals surface area contributed by atoms with E-state index in [1.807, 2.05) is 6.92 Å². The summed E-state index contributed by atoms with van der Waals surface area (Å²) in [5.41, 5.74) is -0.410. The molecule has 0 saturated carbocycles. The monoisotopic (exact) mass is 252 g/mol. The third-order valence-corrected chi connectivity index (χ3v) is 3.93. The first-order valence-corrected chi connectivity index (χ1v) is 7.21. The van der Waals surface area contributed by atoms with Crippen LogP contribution in [-0.4, -0.2) is 60.6 Å². The Morgan fingerprint density at radius 2 is 2.06 bits per heavy atom. The Bertz CT molecular complexity index is 282. The van der Waals surface area contributed by atoms with Crippen molar-refractivity contribution >= 4 is 0 Å². The number of nitrogens with zero attached hydrogens (tertiary/aromatic N) is 3. The van der Waals surface area contributed by atoms with E-state index in [1.165, 1.54) is 6.42 Å². The number of likely N-dealkylation sites (tertiary alicyclic amines) is 1. The molecule has 2 atom stereocenters. The second kappa shape index (κ2) is 7.08. The molecule has 1 aliphatic rings. The first-order chi connectivity index (χ1) is 8.58. The molecular weight excluding hydrogens is 224 g/mol. The summed E-state index contributed by atoms with van der Waals surface area (Å²) in [7, 11) is 0. The third kappa shape index (κ3) is 3.94. The Morgan fingerprint density at radius 3 is 2.56 bits per heavy atom. The lowest BCUT2D eigenvalue weighted by Crippen LogP contribution is -2.50. The molecule has 1 N–H and O–H groups in total. The Balaban J connectivity index is 2.49. The second-order valence-corrected chi connectivity index (χ2v) is 5.37. The van der Waals surface area contributed by atoms with E-state index >= 15 is 0 Å². The van der Waals surface area contributed by atoms with E-state index < -0.39 is 5.54 Å². The van der Waals surface area contributed by atoms with Gasteiger partial charge >= 0.3 is 0 Å². The predicted molar refractivity (Wildman–Crippen MR) is 75.5 cm³/mol. The van der Waals surface area contributed by atoms with Gasteiger partial charge in [0.05, 0.1) is 6.07 Å². The van der Waals surface area contributed by atoms with Gasteiger partial charge in [0.2, 0.25) is 0 Å². The van der Waals surface area contributed by atoms with Crippen LogP contribution in [0.5, 0.6) is 0 Å². The summed E-state index contributed by atoms with van der Waals surface area (Å²) in [4.78, 5) is 4.95. The maximum atomic E-state index is 9.29. The SMILES string of the molecule is CCNC(C)(C#N)CN1CCC(N(CC)CC)C1. The molecule has 104 valence electrons. The maximum Gasteiger partial charge on any atom is 0.116 e. The molecule has 1 rings (SSSR count). The highest BCUT2D eigenvalue weighted by Crippen LogP contribution is 2.17. The van der Waals surface area contributed by atoms with E-state index in [2.05, 4.69) is 42.0 Å². The quantitative estimate of drug-likeness (QED) is 0.741. The molecule has 0 amide bonds. The van der Waals surface area contributed by atoms with Crippen molar-refractivity contribution in [1.29, 1.82) is 5.26 Å². The van der Waals surface area contributed by atoms with Crippen molar-refractivity contribution in [3.63, 3.8) is 0 Å². The smallest absolute Gasteiger partial charge is 0.116 e. The van der Waals surface area contributed by atoms with E-state index in [0.717, 1.165) is 39.3 Å². The Labute approximate surface area is 112 Å². The number of likely N-dealkylation sites (N-methyl/N-ethyl adjacent to an activating group) is 2. The summed E-state index contributed by atoms with van der Waals surface area (Å²) < 4.78 is 0. The van der Waals surface area contributed by atoms with Crippen molar-refractivity contribution in [3.05, 3.63) is 0 Å². The fraction of sp³-hybridized carbons (Fsp3) is 0.929. The minimum absolute atomic E-state index is 0.410. The molecule has 1 heterocycles. The minimum Gasteiger partial charge on any atom is -0.300 e. The topological polar surface area (TPSA) is 42.3 Å². The van der Waals surface area contributed by atoms with Crippen LogP contribution in [0.15, 0.2) is 0 Å². The lowest BCUT2D eigenvalue weighted by molar-refractivity contribution is 0.199. The molecule has 2 unspecified atom stereocenters. The van der Waals surface area contributed by atoms with Crippen molar-refractivity contribution in [1.82, 2.24) is 15.1 Å². The summed E-state index contributed by atoms with van der Waals surface area (Å²) >= 11 is 0. The van der Waals surface area contributed by atoms with Crippen LogP contribution in [0, 0.1) is 11.3 Å². The highest BCUT2D eigenvalue weighted by Gasteiger charge is 2.32. The van der Waals surface area contributed by atoms with Gasteiger partial charge in [0.1, 0.15) is 5.54 Å². The molecule has 0 spiro atoms. The standard InChI is InChI=1S/C14H28N4/c1-5-16-14(4,11-15)12-17-9-8-13(10-17)18(6-2)7-3/h13,16H,5-10,12H2,1-4H3. The molecule has 1 fully saturated rings. The molecule has 1 aliphatic heterocycles. The first kappa shape index (κ1) is 15.4. The fourth-order valence-electron chi connectivity index (χ4n) is 2.96. The Hall–Kier alpha value is -0.630. The van der Waals surface area contributed by atoms with Gasteiger partial charge in [0, 0.05) is 19.1 Å². The van der Waals surface area contributed by atoms with E-state index in [0.29, 0.717) is 6.04 Å². The number of nitrogens with one attached hydrogen (secondary N) is 1. The van der Waals surface area contributed by atoms with Gasteiger partial charge in [-0.2, -0.15) is 5.26 Å². The largest absolute Gasteiger partial charge is 0.300 e. The van der Waals surface area contributed by atoms with Crippen LogP contribution in [0.25, 0.3) is 0 Å². The van der Waals surface area contributed by atoms with Crippen molar-refractivity contribution in [2.45, 2.75) is 45.7 Å². The predicted octanol–water partition coefficient (Wildman–Crippen LogP) is 1.29. The van der Waals surface area contributed by atoms with Crippen LogP contribution in [0.4, 0.5) is 0 Å². The zero-order valence-electron chi connectivity index (χ0n) is 12.4. The van der Waals surface area contributed by atoms with Gasteiger partial charge < -0.3 is 0 Å².